The molecular formula is C20H26BrIN4O. The molecule has 1 unspecified atom stereocenters. The van der Waals surface area contributed by atoms with Crippen LogP contribution in [0.25, 0.3) is 0 Å². The molecule has 0 heterocycles. The largest absolute Gasteiger partial charge is 0.350 e. The molecule has 2 rings (SSSR count). The number of guanidine groups is 1. The van der Waals surface area contributed by atoms with Gasteiger partial charge in [-0.25, -0.2) is 4.99 Å². The molecular weight excluding hydrogens is 519 g/mol. The summed E-state index contributed by atoms with van der Waals surface area (Å²) in [6.45, 7) is 2.79. The van der Waals surface area contributed by atoms with Crippen LogP contribution in [-0.4, -0.2) is 37.4 Å². The molecule has 0 bridgehead atoms. The van der Waals surface area contributed by atoms with Crippen molar-refractivity contribution in [3.05, 3.63) is 70.2 Å². The van der Waals surface area contributed by atoms with Crippen molar-refractivity contribution in [1.29, 1.82) is 0 Å². The predicted molar refractivity (Wildman–Crippen MR) is 125 cm³/mol. The third-order valence-corrected chi connectivity index (χ3v) is 4.42. The first kappa shape index (κ1) is 23.4. The van der Waals surface area contributed by atoms with E-state index in [1.54, 1.807) is 19.0 Å². The molecule has 27 heavy (non-hydrogen) atoms. The van der Waals surface area contributed by atoms with Gasteiger partial charge in [0, 0.05) is 18.6 Å². The van der Waals surface area contributed by atoms with E-state index in [0.717, 1.165) is 15.6 Å². The highest BCUT2D eigenvalue weighted by Gasteiger charge is 2.10. The summed E-state index contributed by atoms with van der Waals surface area (Å²) in [5.41, 5.74) is 2.25. The minimum atomic E-state index is -0.00416. The Hall–Kier alpha value is -1.61. The molecule has 146 valence electrons. The lowest BCUT2D eigenvalue weighted by atomic mass is 10.1. The van der Waals surface area contributed by atoms with E-state index < -0.39 is 0 Å². The number of likely N-dealkylation sites (N-methyl/N-ethyl adjacent to an activating group) is 1. The molecule has 5 nitrogen and oxygen atoms in total. The van der Waals surface area contributed by atoms with E-state index in [1.165, 1.54) is 0 Å². The molecule has 0 saturated carbocycles. The third-order valence-electron chi connectivity index (χ3n) is 3.89. The van der Waals surface area contributed by atoms with E-state index in [-0.39, 0.29) is 42.5 Å². The third kappa shape index (κ3) is 8.30. The predicted octanol–water partition coefficient (Wildman–Crippen LogP) is 3.95. The molecule has 2 aromatic rings. The Labute approximate surface area is 186 Å². The molecule has 0 aliphatic heterocycles. The highest BCUT2D eigenvalue weighted by atomic mass is 127. The molecule has 1 atom stereocenters. The number of rotatable bonds is 6. The van der Waals surface area contributed by atoms with Gasteiger partial charge in [-0.05, 0) is 30.2 Å². The normalized spacial score (nSPS) is 11.9. The quantitative estimate of drug-likeness (QED) is 0.329. The van der Waals surface area contributed by atoms with Crippen molar-refractivity contribution >= 4 is 51.8 Å². The van der Waals surface area contributed by atoms with Gasteiger partial charge in [0.25, 0.3) is 0 Å². The van der Waals surface area contributed by atoms with Gasteiger partial charge in [-0.2, -0.15) is 0 Å². The number of amides is 1. The van der Waals surface area contributed by atoms with Crippen LogP contribution < -0.4 is 10.6 Å². The number of benzene rings is 2. The number of nitrogens with zero attached hydrogens (tertiary/aromatic N) is 2. The Balaban J connectivity index is 0.00000364. The van der Waals surface area contributed by atoms with Gasteiger partial charge in [-0.3, -0.25) is 4.79 Å². The molecule has 0 saturated heterocycles. The van der Waals surface area contributed by atoms with Crippen LogP contribution in [0.5, 0.6) is 0 Å². The summed E-state index contributed by atoms with van der Waals surface area (Å²) < 4.78 is 1.04. The van der Waals surface area contributed by atoms with Gasteiger partial charge in [-0.15, -0.1) is 24.0 Å². The van der Waals surface area contributed by atoms with E-state index >= 15 is 0 Å². The van der Waals surface area contributed by atoms with Crippen molar-refractivity contribution < 1.29 is 4.79 Å². The van der Waals surface area contributed by atoms with Crippen LogP contribution in [-0.2, 0) is 11.3 Å². The molecule has 2 aromatic carbocycles. The Bertz CT molecular complexity index is 735. The first-order valence-corrected chi connectivity index (χ1v) is 9.29. The highest BCUT2D eigenvalue weighted by Crippen LogP contribution is 2.12. The minimum Gasteiger partial charge on any atom is -0.350 e. The van der Waals surface area contributed by atoms with Gasteiger partial charge in [-0.1, -0.05) is 58.4 Å². The Morgan fingerprint density at radius 2 is 1.74 bits per heavy atom. The fourth-order valence-corrected chi connectivity index (χ4v) is 2.52. The van der Waals surface area contributed by atoms with Gasteiger partial charge in [0.05, 0.1) is 19.1 Å². The second kappa shape index (κ2) is 12.0. The Morgan fingerprint density at radius 1 is 1.11 bits per heavy atom. The van der Waals surface area contributed by atoms with Crippen molar-refractivity contribution in [3.8, 4) is 0 Å². The Kier molecular flexibility index (Phi) is 10.4. The summed E-state index contributed by atoms with van der Waals surface area (Å²) >= 11 is 3.44. The summed E-state index contributed by atoms with van der Waals surface area (Å²) in [7, 11) is 3.48. The van der Waals surface area contributed by atoms with Crippen molar-refractivity contribution in [2.75, 3.05) is 20.6 Å². The van der Waals surface area contributed by atoms with Crippen LogP contribution in [0.1, 0.15) is 24.1 Å². The Morgan fingerprint density at radius 3 is 2.33 bits per heavy atom. The first-order chi connectivity index (χ1) is 12.5. The van der Waals surface area contributed by atoms with Crippen LogP contribution in [0.15, 0.2) is 64.1 Å². The van der Waals surface area contributed by atoms with E-state index in [4.69, 9.17) is 0 Å². The lowest BCUT2D eigenvalue weighted by molar-refractivity contribution is -0.127. The number of hydrogen-bond acceptors (Lipinski definition) is 2. The van der Waals surface area contributed by atoms with Crippen molar-refractivity contribution in [2.45, 2.75) is 19.5 Å². The van der Waals surface area contributed by atoms with Crippen LogP contribution in [0, 0.1) is 0 Å². The molecule has 0 aromatic heterocycles. The maximum Gasteiger partial charge on any atom is 0.241 e. The first-order valence-electron chi connectivity index (χ1n) is 8.50. The second-order valence-electron chi connectivity index (χ2n) is 6.21. The summed E-state index contributed by atoms with van der Waals surface area (Å²) in [5.74, 6) is 0.606. The van der Waals surface area contributed by atoms with Crippen molar-refractivity contribution in [1.82, 2.24) is 15.5 Å². The number of carbonyl (C=O) groups excluding carboxylic acids is 1. The van der Waals surface area contributed by atoms with Gasteiger partial charge in [0.2, 0.25) is 5.91 Å². The fourth-order valence-electron chi connectivity index (χ4n) is 2.26. The number of carbonyl (C=O) groups is 1. The van der Waals surface area contributed by atoms with E-state index in [9.17, 15) is 4.79 Å². The van der Waals surface area contributed by atoms with Crippen LogP contribution in [0.3, 0.4) is 0 Å². The van der Waals surface area contributed by atoms with E-state index in [1.807, 2.05) is 42.5 Å². The summed E-state index contributed by atoms with van der Waals surface area (Å²) in [5, 5.41) is 6.49. The molecule has 0 radical (unpaired) electrons. The standard InChI is InChI=1S/C20H25BrN4O.HI/c1-15(17-7-5-4-6-8-17)24-20(23-14-19(26)25(2)3)22-13-16-9-11-18(21)12-10-16;/h4-12,15H,13-14H2,1-3H3,(H2,22,23,24);1H. The number of halogens is 2. The number of nitrogens with one attached hydrogen (secondary N) is 2. The van der Waals surface area contributed by atoms with Crippen LogP contribution in [0.2, 0.25) is 0 Å². The number of aliphatic imine (C=N–C) groups is 1. The van der Waals surface area contributed by atoms with E-state index in [0.29, 0.717) is 12.5 Å². The van der Waals surface area contributed by atoms with Gasteiger partial charge in [0.1, 0.15) is 0 Å². The molecule has 0 spiro atoms. The molecule has 7 heteroatoms. The fraction of sp³-hybridized carbons (Fsp3) is 0.300. The highest BCUT2D eigenvalue weighted by molar-refractivity contribution is 14.0. The topological polar surface area (TPSA) is 56.7 Å². The zero-order valence-electron chi connectivity index (χ0n) is 15.8. The van der Waals surface area contributed by atoms with Crippen LogP contribution >= 0.6 is 39.9 Å². The number of hydrogen-bond donors (Lipinski definition) is 2. The lowest BCUT2D eigenvalue weighted by Gasteiger charge is -2.19. The zero-order chi connectivity index (χ0) is 18.9. The lowest BCUT2D eigenvalue weighted by Crippen LogP contribution is -2.43. The molecule has 0 fully saturated rings. The van der Waals surface area contributed by atoms with Gasteiger partial charge < -0.3 is 15.5 Å². The van der Waals surface area contributed by atoms with Crippen molar-refractivity contribution in [3.63, 3.8) is 0 Å². The minimum absolute atomic E-state index is 0. The van der Waals surface area contributed by atoms with Crippen molar-refractivity contribution in [2.24, 2.45) is 4.99 Å². The van der Waals surface area contributed by atoms with E-state index in [2.05, 4.69) is 50.6 Å². The monoisotopic (exact) mass is 544 g/mol. The molecule has 0 aliphatic rings. The summed E-state index contributed by atoms with van der Waals surface area (Å²) in [6, 6.07) is 18.2. The summed E-state index contributed by atoms with van der Waals surface area (Å²) in [6.07, 6.45) is 0. The molecule has 2 N–H and O–H groups in total. The molecule has 1 amide bonds. The van der Waals surface area contributed by atoms with Crippen LogP contribution in [0.4, 0.5) is 0 Å². The average Bonchev–Trinajstić information content (AvgIpc) is 2.65. The second-order valence-corrected chi connectivity index (χ2v) is 7.13. The maximum atomic E-state index is 11.9. The average molecular weight is 545 g/mol. The van der Waals surface area contributed by atoms with Gasteiger partial charge >= 0.3 is 0 Å². The SMILES string of the molecule is CC(NC(=NCc1ccc(Br)cc1)NCC(=O)N(C)C)c1ccccc1.I. The summed E-state index contributed by atoms with van der Waals surface area (Å²) in [4.78, 5) is 18.1. The zero-order valence-corrected chi connectivity index (χ0v) is 19.7. The smallest absolute Gasteiger partial charge is 0.241 e. The maximum absolute atomic E-state index is 11.9. The van der Waals surface area contributed by atoms with Gasteiger partial charge in [0.15, 0.2) is 5.96 Å². The molecule has 0 aliphatic carbocycles.